The normalized spacial score (nSPS) is 10.3. The molecule has 13 heavy (non-hydrogen) atoms. The molecule has 0 unspecified atom stereocenters. The minimum atomic E-state index is 0.154. The van der Waals surface area contributed by atoms with Crippen molar-refractivity contribution in [3.05, 3.63) is 18.2 Å². The number of nitrogens with zero attached hydrogens (tertiary/aromatic N) is 2. The van der Waals surface area contributed by atoms with Gasteiger partial charge in [0.2, 0.25) is 0 Å². The zero-order valence-electron chi connectivity index (χ0n) is 8.29. The molecular formula is C10H16N2O. The summed E-state index contributed by atoms with van der Waals surface area (Å²) in [6.07, 6.45) is 7.32. The minimum Gasteiger partial charge on any atom is -0.332 e. The molecule has 0 aliphatic carbocycles. The number of aromatic nitrogens is 2. The summed E-state index contributed by atoms with van der Waals surface area (Å²) in [5.41, 5.74) is 0. The highest BCUT2D eigenvalue weighted by Gasteiger charge is 2.09. The maximum Gasteiger partial charge on any atom is 0.198 e. The molecule has 0 aromatic carbocycles. The highest BCUT2D eigenvalue weighted by Crippen LogP contribution is 2.05. The molecule has 0 radical (unpaired) electrons. The molecule has 0 bridgehead atoms. The fourth-order valence-electron chi connectivity index (χ4n) is 1.28. The predicted octanol–water partition coefficient (Wildman–Crippen LogP) is 2.18. The number of ketones is 1. The lowest BCUT2D eigenvalue weighted by atomic mass is 10.1. The van der Waals surface area contributed by atoms with E-state index in [9.17, 15) is 4.79 Å². The Kier molecular flexibility index (Phi) is 3.68. The van der Waals surface area contributed by atoms with E-state index in [-0.39, 0.29) is 5.78 Å². The van der Waals surface area contributed by atoms with Crippen molar-refractivity contribution in [3.63, 3.8) is 0 Å². The van der Waals surface area contributed by atoms with Crippen molar-refractivity contribution in [2.45, 2.75) is 32.6 Å². The number of unbranched alkanes of at least 4 members (excludes halogenated alkanes) is 2. The first-order valence-corrected chi connectivity index (χ1v) is 4.76. The van der Waals surface area contributed by atoms with E-state index in [1.165, 1.54) is 0 Å². The molecule has 0 saturated heterocycles. The first-order valence-electron chi connectivity index (χ1n) is 4.76. The van der Waals surface area contributed by atoms with Crippen LogP contribution in [-0.4, -0.2) is 15.3 Å². The van der Waals surface area contributed by atoms with Gasteiger partial charge < -0.3 is 4.57 Å². The summed E-state index contributed by atoms with van der Waals surface area (Å²) in [7, 11) is 1.85. The number of hydrogen-bond donors (Lipinski definition) is 0. The second-order valence-electron chi connectivity index (χ2n) is 3.24. The van der Waals surface area contributed by atoms with E-state index in [2.05, 4.69) is 11.9 Å². The van der Waals surface area contributed by atoms with E-state index in [0.717, 1.165) is 19.3 Å². The van der Waals surface area contributed by atoms with Crippen molar-refractivity contribution < 1.29 is 4.79 Å². The van der Waals surface area contributed by atoms with Crippen LogP contribution < -0.4 is 0 Å². The molecule has 0 aliphatic heterocycles. The van der Waals surface area contributed by atoms with Gasteiger partial charge in [0.25, 0.3) is 0 Å². The van der Waals surface area contributed by atoms with E-state index >= 15 is 0 Å². The number of hydrogen-bond acceptors (Lipinski definition) is 2. The van der Waals surface area contributed by atoms with Crippen LogP contribution in [0.3, 0.4) is 0 Å². The van der Waals surface area contributed by atoms with Gasteiger partial charge in [0.15, 0.2) is 11.6 Å². The van der Waals surface area contributed by atoms with Crippen molar-refractivity contribution in [3.8, 4) is 0 Å². The number of Topliss-reactive ketones (excluding diaryl/α,β-unsaturated/α-hetero) is 1. The lowest BCUT2D eigenvalue weighted by Gasteiger charge is -1.99. The van der Waals surface area contributed by atoms with Crippen LogP contribution in [0, 0.1) is 0 Å². The van der Waals surface area contributed by atoms with Gasteiger partial charge in [-0.25, -0.2) is 4.98 Å². The Morgan fingerprint density at radius 1 is 1.54 bits per heavy atom. The molecule has 1 aromatic heterocycles. The fourth-order valence-corrected chi connectivity index (χ4v) is 1.28. The fraction of sp³-hybridized carbons (Fsp3) is 0.600. The summed E-state index contributed by atoms with van der Waals surface area (Å²) in [5, 5.41) is 0. The predicted molar refractivity (Wildman–Crippen MR) is 51.7 cm³/mol. The molecule has 3 heteroatoms. The second-order valence-corrected chi connectivity index (χ2v) is 3.24. The van der Waals surface area contributed by atoms with Crippen LogP contribution in [0.2, 0.25) is 0 Å². The molecular weight excluding hydrogens is 164 g/mol. The van der Waals surface area contributed by atoms with Gasteiger partial charge in [-0.05, 0) is 6.42 Å². The summed E-state index contributed by atoms with van der Waals surface area (Å²) in [4.78, 5) is 15.5. The summed E-state index contributed by atoms with van der Waals surface area (Å²) < 4.78 is 1.77. The van der Waals surface area contributed by atoms with E-state index in [1.807, 2.05) is 7.05 Å². The number of aryl methyl sites for hydroxylation is 1. The molecule has 0 atom stereocenters. The standard InChI is InChI=1S/C10H16N2O/c1-3-4-5-6-9(13)10-11-7-8-12(10)2/h7-8H,3-6H2,1-2H3. The highest BCUT2D eigenvalue weighted by molar-refractivity contribution is 5.92. The van der Waals surface area contributed by atoms with Gasteiger partial charge in [0.05, 0.1) is 0 Å². The summed E-state index contributed by atoms with van der Waals surface area (Å²) in [5.74, 6) is 0.733. The molecule has 1 rings (SSSR count). The van der Waals surface area contributed by atoms with Crippen molar-refractivity contribution in [1.29, 1.82) is 0 Å². The van der Waals surface area contributed by atoms with Gasteiger partial charge in [-0.2, -0.15) is 0 Å². The third-order valence-corrected chi connectivity index (χ3v) is 2.08. The Hall–Kier alpha value is -1.12. The Morgan fingerprint density at radius 3 is 2.85 bits per heavy atom. The van der Waals surface area contributed by atoms with E-state index in [4.69, 9.17) is 0 Å². The lowest BCUT2D eigenvalue weighted by Crippen LogP contribution is -2.06. The second kappa shape index (κ2) is 4.80. The average Bonchev–Trinajstić information content (AvgIpc) is 2.52. The van der Waals surface area contributed by atoms with Crippen LogP contribution in [0.25, 0.3) is 0 Å². The lowest BCUT2D eigenvalue weighted by molar-refractivity contribution is 0.0966. The van der Waals surface area contributed by atoms with Crippen LogP contribution in [-0.2, 0) is 7.05 Å². The Bertz CT molecular complexity index is 278. The molecule has 0 spiro atoms. The summed E-state index contributed by atoms with van der Waals surface area (Å²) in [6.45, 7) is 2.13. The van der Waals surface area contributed by atoms with Crippen LogP contribution in [0.1, 0.15) is 43.2 Å². The quantitative estimate of drug-likeness (QED) is 0.514. The SMILES string of the molecule is CCCCCC(=O)c1nccn1C. The molecule has 0 amide bonds. The Balaban J connectivity index is 2.45. The first kappa shape index (κ1) is 9.96. The number of carbonyl (C=O) groups is 1. The van der Waals surface area contributed by atoms with Gasteiger partial charge in [-0.3, -0.25) is 4.79 Å². The Labute approximate surface area is 78.8 Å². The molecule has 0 fully saturated rings. The molecule has 1 aromatic rings. The van der Waals surface area contributed by atoms with Crippen molar-refractivity contribution in [2.75, 3.05) is 0 Å². The number of imidazole rings is 1. The number of rotatable bonds is 5. The topological polar surface area (TPSA) is 34.9 Å². The van der Waals surface area contributed by atoms with Gasteiger partial charge >= 0.3 is 0 Å². The largest absolute Gasteiger partial charge is 0.332 e. The van der Waals surface area contributed by atoms with Gasteiger partial charge in [0, 0.05) is 25.9 Å². The molecule has 1 heterocycles. The molecule has 0 N–H and O–H groups in total. The third kappa shape index (κ3) is 2.68. The van der Waals surface area contributed by atoms with Crippen LogP contribution in [0.15, 0.2) is 12.4 Å². The molecule has 72 valence electrons. The zero-order chi connectivity index (χ0) is 9.68. The van der Waals surface area contributed by atoms with Crippen LogP contribution >= 0.6 is 0 Å². The number of carbonyl (C=O) groups excluding carboxylic acids is 1. The Morgan fingerprint density at radius 2 is 2.31 bits per heavy atom. The molecule has 3 nitrogen and oxygen atoms in total. The van der Waals surface area contributed by atoms with E-state index in [1.54, 1.807) is 17.0 Å². The van der Waals surface area contributed by atoms with Crippen LogP contribution in [0.5, 0.6) is 0 Å². The maximum atomic E-state index is 11.5. The van der Waals surface area contributed by atoms with Crippen molar-refractivity contribution in [1.82, 2.24) is 9.55 Å². The first-order chi connectivity index (χ1) is 6.25. The van der Waals surface area contributed by atoms with Gasteiger partial charge in [-0.1, -0.05) is 19.8 Å². The van der Waals surface area contributed by atoms with Crippen molar-refractivity contribution >= 4 is 5.78 Å². The zero-order valence-corrected chi connectivity index (χ0v) is 8.29. The average molecular weight is 180 g/mol. The monoisotopic (exact) mass is 180 g/mol. The summed E-state index contributed by atoms with van der Waals surface area (Å²) >= 11 is 0. The van der Waals surface area contributed by atoms with Crippen LogP contribution in [0.4, 0.5) is 0 Å². The highest BCUT2D eigenvalue weighted by atomic mass is 16.1. The van der Waals surface area contributed by atoms with E-state index in [0.29, 0.717) is 12.2 Å². The minimum absolute atomic E-state index is 0.154. The molecule has 0 aliphatic rings. The van der Waals surface area contributed by atoms with E-state index < -0.39 is 0 Å². The third-order valence-electron chi connectivity index (χ3n) is 2.08. The van der Waals surface area contributed by atoms with Gasteiger partial charge in [-0.15, -0.1) is 0 Å². The maximum absolute atomic E-state index is 11.5. The smallest absolute Gasteiger partial charge is 0.198 e. The van der Waals surface area contributed by atoms with Gasteiger partial charge in [0.1, 0.15) is 0 Å². The summed E-state index contributed by atoms with van der Waals surface area (Å²) in [6, 6.07) is 0. The molecule has 0 saturated carbocycles. The van der Waals surface area contributed by atoms with Crippen molar-refractivity contribution in [2.24, 2.45) is 7.05 Å².